The van der Waals surface area contributed by atoms with E-state index in [9.17, 15) is 14.0 Å². The maximum atomic E-state index is 13.3. The lowest BCUT2D eigenvalue weighted by molar-refractivity contribution is -0.133. The molecular weight excluding hydrogens is 407 g/mol. The van der Waals surface area contributed by atoms with Gasteiger partial charge in [-0.1, -0.05) is 12.1 Å². The average Bonchev–Trinajstić information content (AvgIpc) is 3.39. The molecule has 2 aromatic carbocycles. The number of likely N-dealkylation sites (tertiary alicyclic amines) is 1. The van der Waals surface area contributed by atoms with Gasteiger partial charge in [0, 0.05) is 36.5 Å². The molecule has 6 nitrogen and oxygen atoms in total. The average molecular weight is 432 g/mol. The van der Waals surface area contributed by atoms with Gasteiger partial charge in [0.15, 0.2) is 5.69 Å². The van der Waals surface area contributed by atoms with Crippen molar-refractivity contribution in [3.63, 3.8) is 0 Å². The van der Waals surface area contributed by atoms with Gasteiger partial charge in [-0.25, -0.2) is 9.07 Å². The summed E-state index contributed by atoms with van der Waals surface area (Å²) in [5.74, 6) is -0.371. The summed E-state index contributed by atoms with van der Waals surface area (Å²) in [5.41, 5.74) is 4.80. The summed E-state index contributed by atoms with van der Waals surface area (Å²) >= 11 is 0. The Morgan fingerprint density at radius 1 is 1.03 bits per heavy atom. The summed E-state index contributed by atoms with van der Waals surface area (Å²) in [4.78, 5) is 27.1. The van der Waals surface area contributed by atoms with Crippen LogP contribution in [0.3, 0.4) is 0 Å². The highest BCUT2D eigenvalue weighted by Crippen LogP contribution is 2.28. The van der Waals surface area contributed by atoms with E-state index in [1.807, 2.05) is 29.2 Å². The zero-order valence-corrected chi connectivity index (χ0v) is 17.8. The third-order valence-electron chi connectivity index (χ3n) is 6.20. The summed E-state index contributed by atoms with van der Waals surface area (Å²) in [5, 5.41) is 7.56. The second-order valence-corrected chi connectivity index (χ2v) is 8.44. The van der Waals surface area contributed by atoms with Crippen LogP contribution in [-0.2, 0) is 24.2 Å². The Bertz CT molecular complexity index is 1170. The molecule has 1 aliphatic carbocycles. The van der Waals surface area contributed by atoms with Crippen molar-refractivity contribution >= 4 is 17.5 Å². The third-order valence-corrected chi connectivity index (χ3v) is 6.20. The minimum Gasteiger partial charge on any atom is -0.338 e. The molecule has 0 spiro atoms. The van der Waals surface area contributed by atoms with E-state index in [4.69, 9.17) is 0 Å². The molecule has 0 unspecified atom stereocenters. The maximum Gasteiger partial charge on any atom is 0.276 e. The number of piperidine rings is 1. The normalized spacial score (nSPS) is 15.7. The minimum atomic E-state index is -0.304. The Morgan fingerprint density at radius 3 is 2.69 bits per heavy atom. The van der Waals surface area contributed by atoms with Crippen molar-refractivity contribution in [2.24, 2.45) is 0 Å². The van der Waals surface area contributed by atoms with Crippen LogP contribution < -0.4 is 5.32 Å². The summed E-state index contributed by atoms with van der Waals surface area (Å²) in [6, 6.07) is 13.8. The van der Waals surface area contributed by atoms with Crippen molar-refractivity contribution in [3.8, 4) is 5.69 Å². The standard InChI is InChI=1S/C25H25FN4O2/c26-18-10-12-20(13-11-18)30-22-8-4-7-21(22)24(28-30)25(32)27-19-6-3-5-17(15-19)16-29-14-2-1-9-23(29)31/h3,5-6,10-13,15H,1-2,4,7-9,14,16H2,(H,27,32). The van der Waals surface area contributed by atoms with Crippen LogP contribution in [0.15, 0.2) is 48.5 Å². The highest BCUT2D eigenvalue weighted by Gasteiger charge is 2.27. The van der Waals surface area contributed by atoms with E-state index < -0.39 is 0 Å². The molecule has 2 heterocycles. The molecule has 5 rings (SSSR count). The number of anilines is 1. The van der Waals surface area contributed by atoms with Crippen molar-refractivity contribution in [2.45, 2.75) is 45.1 Å². The number of amides is 2. The van der Waals surface area contributed by atoms with Gasteiger partial charge in [-0.05, 0) is 74.1 Å². The molecule has 2 amide bonds. The quantitative estimate of drug-likeness (QED) is 0.655. The van der Waals surface area contributed by atoms with Crippen molar-refractivity contribution in [1.29, 1.82) is 0 Å². The van der Waals surface area contributed by atoms with Gasteiger partial charge in [0.1, 0.15) is 5.82 Å². The molecule has 1 aromatic heterocycles. The lowest BCUT2D eigenvalue weighted by atomic mass is 10.1. The molecule has 0 bridgehead atoms. The zero-order chi connectivity index (χ0) is 22.1. The number of nitrogens with zero attached hydrogens (tertiary/aromatic N) is 3. The lowest BCUT2D eigenvalue weighted by Gasteiger charge is -2.26. The number of hydrogen-bond donors (Lipinski definition) is 1. The first-order valence-corrected chi connectivity index (χ1v) is 11.1. The van der Waals surface area contributed by atoms with Crippen LogP contribution in [0.1, 0.15) is 53.0 Å². The molecule has 0 atom stereocenters. The van der Waals surface area contributed by atoms with Crippen LogP contribution in [0.5, 0.6) is 0 Å². The van der Waals surface area contributed by atoms with E-state index >= 15 is 0 Å². The van der Waals surface area contributed by atoms with Crippen molar-refractivity contribution < 1.29 is 14.0 Å². The first-order valence-electron chi connectivity index (χ1n) is 11.1. The summed E-state index contributed by atoms with van der Waals surface area (Å²) in [6.45, 7) is 1.33. The molecule has 0 saturated carbocycles. The van der Waals surface area contributed by atoms with Gasteiger partial charge in [0.2, 0.25) is 5.91 Å². The summed E-state index contributed by atoms with van der Waals surface area (Å²) < 4.78 is 15.1. The van der Waals surface area contributed by atoms with Gasteiger partial charge in [0.05, 0.1) is 5.69 Å². The van der Waals surface area contributed by atoms with Crippen LogP contribution in [0.4, 0.5) is 10.1 Å². The van der Waals surface area contributed by atoms with E-state index in [0.29, 0.717) is 24.3 Å². The molecule has 1 fully saturated rings. The summed E-state index contributed by atoms with van der Waals surface area (Å²) in [7, 11) is 0. The second-order valence-electron chi connectivity index (χ2n) is 8.44. The maximum absolute atomic E-state index is 13.3. The van der Waals surface area contributed by atoms with Gasteiger partial charge in [-0.15, -0.1) is 0 Å². The highest BCUT2D eigenvalue weighted by molar-refractivity contribution is 6.04. The van der Waals surface area contributed by atoms with Gasteiger partial charge in [-0.3, -0.25) is 9.59 Å². The molecular formula is C25H25FN4O2. The van der Waals surface area contributed by atoms with Crippen LogP contribution in [-0.4, -0.2) is 33.0 Å². The SMILES string of the molecule is O=C(Nc1cccc(CN2CCCCC2=O)c1)c1nn(-c2ccc(F)cc2)c2c1CCC2. The Hall–Kier alpha value is -3.48. The Kier molecular flexibility index (Phi) is 5.47. The molecule has 2 aliphatic rings. The van der Waals surface area contributed by atoms with Gasteiger partial charge in [-0.2, -0.15) is 5.10 Å². The number of carbonyl (C=O) groups excluding carboxylic acids is 2. The van der Waals surface area contributed by atoms with Crippen LogP contribution in [0, 0.1) is 5.82 Å². The number of hydrogen-bond acceptors (Lipinski definition) is 3. The fourth-order valence-corrected chi connectivity index (χ4v) is 4.60. The molecule has 3 aromatic rings. The van der Waals surface area contributed by atoms with Crippen LogP contribution >= 0.6 is 0 Å². The van der Waals surface area contributed by atoms with Crippen molar-refractivity contribution in [1.82, 2.24) is 14.7 Å². The third kappa shape index (κ3) is 4.02. The van der Waals surface area contributed by atoms with Crippen LogP contribution in [0.25, 0.3) is 5.69 Å². The van der Waals surface area contributed by atoms with E-state index in [-0.39, 0.29) is 17.6 Å². The van der Waals surface area contributed by atoms with Gasteiger partial charge < -0.3 is 10.2 Å². The molecule has 1 saturated heterocycles. The molecule has 1 aliphatic heterocycles. The van der Waals surface area contributed by atoms with Gasteiger partial charge >= 0.3 is 0 Å². The van der Waals surface area contributed by atoms with Crippen molar-refractivity contribution in [3.05, 3.63) is 76.9 Å². The Balaban J connectivity index is 1.36. The zero-order valence-electron chi connectivity index (χ0n) is 17.8. The molecule has 7 heteroatoms. The predicted octanol–water partition coefficient (Wildman–Crippen LogP) is 4.26. The monoisotopic (exact) mass is 432 g/mol. The smallest absolute Gasteiger partial charge is 0.276 e. The minimum absolute atomic E-state index is 0.188. The second kappa shape index (κ2) is 8.57. The van der Waals surface area contributed by atoms with Gasteiger partial charge in [0.25, 0.3) is 5.91 Å². The molecule has 1 N–H and O–H groups in total. The van der Waals surface area contributed by atoms with Crippen molar-refractivity contribution in [2.75, 3.05) is 11.9 Å². The predicted molar refractivity (Wildman–Crippen MR) is 119 cm³/mol. The Labute approximate surface area is 186 Å². The first-order chi connectivity index (χ1) is 15.6. The van der Waals surface area contributed by atoms with E-state index in [0.717, 1.165) is 61.2 Å². The molecule has 0 radical (unpaired) electrons. The fourth-order valence-electron chi connectivity index (χ4n) is 4.60. The largest absolute Gasteiger partial charge is 0.338 e. The number of carbonyl (C=O) groups is 2. The highest BCUT2D eigenvalue weighted by atomic mass is 19.1. The fraction of sp³-hybridized carbons (Fsp3) is 0.320. The lowest BCUT2D eigenvalue weighted by Crippen LogP contribution is -2.34. The number of halogens is 1. The Morgan fingerprint density at radius 2 is 1.88 bits per heavy atom. The van der Waals surface area contributed by atoms with Crippen LogP contribution in [0.2, 0.25) is 0 Å². The number of nitrogens with one attached hydrogen (secondary N) is 1. The number of aromatic nitrogens is 2. The molecule has 164 valence electrons. The van der Waals surface area contributed by atoms with E-state index in [1.54, 1.807) is 16.8 Å². The number of rotatable bonds is 5. The number of fused-ring (bicyclic) bond motifs is 1. The van der Waals surface area contributed by atoms with E-state index in [2.05, 4.69) is 10.4 Å². The molecule has 32 heavy (non-hydrogen) atoms. The topological polar surface area (TPSA) is 67.2 Å². The summed E-state index contributed by atoms with van der Waals surface area (Å²) in [6.07, 6.45) is 5.21. The first kappa shape index (κ1) is 20.4. The number of benzene rings is 2. The van der Waals surface area contributed by atoms with E-state index in [1.165, 1.54) is 12.1 Å².